The Labute approximate surface area is 120 Å². The molecule has 0 radical (unpaired) electrons. The van der Waals surface area contributed by atoms with Gasteiger partial charge in [-0.25, -0.2) is 0 Å². The Balaban J connectivity index is 2.39. The summed E-state index contributed by atoms with van der Waals surface area (Å²) in [4.78, 5) is 18.7. The molecule has 0 saturated heterocycles. The number of hydrogen-bond acceptors (Lipinski definition) is 2. The maximum absolute atomic E-state index is 12.8. The first-order valence-corrected chi connectivity index (χ1v) is 6.93. The number of pyridine rings is 1. The number of nitrogens with zero attached hydrogens (tertiary/aromatic N) is 2. The molecule has 1 amide bonds. The van der Waals surface area contributed by atoms with E-state index >= 15 is 0 Å². The van der Waals surface area contributed by atoms with E-state index in [0.717, 1.165) is 28.8 Å². The minimum absolute atomic E-state index is 0.0426. The molecule has 3 heteroatoms. The second-order valence-electron chi connectivity index (χ2n) is 4.92. The van der Waals surface area contributed by atoms with Gasteiger partial charge in [-0.15, -0.1) is 0 Å². The van der Waals surface area contributed by atoms with Crippen LogP contribution in [0.5, 0.6) is 0 Å². The number of aryl methyl sites for hydroxylation is 1. The highest BCUT2D eigenvalue weighted by Gasteiger charge is 2.19. The molecular formula is C17H20N2O. The Morgan fingerprint density at radius 3 is 2.65 bits per heavy atom. The Morgan fingerprint density at radius 2 is 2.00 bits per heavy atom. The third-order valence-corrected chi connectivity index (χ3v) is 3.49. The fourth-order valence-electron chi connectivity index (χ4n) is 2.21. The molecule has 1 heterocycles. The number of hydrogen-bond donors (Lipinski definition) is 0. The molecule has 0 N–H and O–H groups in total. The third kappa shape index (κ3) is 2.87. The SMILES string of the molecule is CCCN(C(=O)c1cccc(C)c1C)c1cccnc1. The van der Waals surface area contributed by atoms with E-state index in [0.29, 0.717) is 6.54 Å². The average molecular weight is 268 g/mol. The van der Waals surface area contributed by atoms with Crippen LogP contribution >= 0.6 is 0 Å². The molecule has 0 aliphatic rings. The molecule has 0 atom stereocenters. The first-order chi connectivity index (χ1) is 9.65. The molecule has 2 rings (SSSR count). The molecule has 0 aliphatic heterocycles. The molecule has 0 fully saturated rings. The van der Waals surface area contributed by atoms with Gasteiger partial charge in [-0.05, 0) is 49.6 Å². The highest BCUT2D eigenvalue weighted by atomic mass is 16.2. The van der Waals surface area contributed by atoms with E-state index in [1.165, 1.54) is 0 Å². The van der Waals surface area contributed by atoms with Crippen molar-refractivity contribution in [2.75, 3.05) is 11.4 Å². The van der Waals surface area contributed by atoms with Crippen molar-refractivity contribution < 1.29 is 4.79 Å². The lowest BCUT2D eigenvalue weighted by Gasteiger charge is -2.23. The second kappa shape index (κ2) is 6.33. The van der Waals surface area contributed by atoms with E-state index in [2.05, 4.69) is 11.9 Å². The van der Waals surface area contributed by atoms with Gasteiger partial charge in [-0.1, -0.05) is 19.1 Å². The Bertz CT molecular complexity index is 593. The van der Waals surface area contributed by atoms with E-state index in [1.807, 2.05) is 44.2 Å². The van der Waals surface area contributed by atoms with Crippen molar-refractivity contribution in [3.05, 3.63) is 59.4 Å². The Hall–Kier alpha value is -2.16. The molecule has 0 saturated carbocycles. The zero-order valence-electron chi connectivity index (χ0n) is 12.3. The van der Waals surface area contributed by atoms with Gasteiger partial charge in [0.2, 0.25) is 0 Å². The second-order valence-corrected chi connectivity index (χ2v) is 4.92. The zero-order chi connectivity index (χ0) is 14.5. The van der Waals surface area contributed by atoms with E-state index in [1.54, 1.807) is 17.3 Å². The average Bonchev–Trinajstić information content (AvgIpc) is 2.48. The van der Waals surface area contributed by atoms with Gasteiger partial charge in [0.05, 0.1) is 11.9 Å². The maximum atomic E-state index is 12.8. The van der Waals surface area contributed by atoms with Crippen molar-refractivity contribution in [1.29, 1.82) is 0 Å². The minimum Gasteiger partial charge on any atom is -0.307 e. The fraction of sp³-hybridized carbons (Fsp3) is 0.294. The summed E-state index contributed by atoms with van der Waals surface area (Å²) in [5.74, 6) is 0.0426. The van der Waals surface area contributed by atoms with Gasteiger partial charge < -0.3 is 4.90 Å². The lowest BCUT2D eigenvalue weighted by atomic mass is 10.0. The van der Waals surface area contributed by atoms with Crippen LogP contribution in [0, 0.1) is 13.8 Å². The highest BCUT2D eigenvalue weighted by molar-refractivity contribution is 6.07. The van der Waals surface area contributed by atoms with E-state index < -0.39 is 0 Å². The fourth-order valence-corrected chi connectivity index (χ4v) is 2.21. The molecule has 104 valence electrons. The van der Waals surface area contributed by atoms with Crippen LogP contribution < -0.4 is 4.90 Å². The molecule has 1 aromatic heterocycles. The van der Waals surface area contributed by atoms with Gasteiger partial charge >= 0.3 is 0 Å². The molecule has 2 aromatic rings. The predicted octanol–water partition coefficient (Wildman–Crippen LogP) is 3.76. The quantitative estimate of drug-likeness (QED) is 0.846. The number of rotatable bonds is 4. The maximum Gasteiger partial charge on any atom is 0.258 e. The van der Waals surface area contributed by atoms with Gasteiger partial charge in [0.1, 0.15) is 0 Å². The highest BCUT2D eigenvalue weighted by Crippen LogP contribution is 2.20. The van der Waals surface area contributed by atoms with Crippen molar-refractivity contribution in [2.45, 2.75) is 27.2 Å². The first-order valence-electron chi connectivity index (χ1n) is 6.93. The number of carbonyl (C=O) groups is 1. The van der Waals surface area contributed by atoms with Gasteiger partial charge in [0.25, 0.3) is 5.91 Å². The minimum atomic E-state index is 0.0426. The molecule has 0 aliphatic carbocycles. The van der Waals surface area contributed by atoms with Crippen LogP contribution in [-0.4, -0.2) is 17.4 Å². The molecule has 0 spiro atoms. The summed E-state index contributed by atoms with van der Waals surface area (Å²) in [5.41, 5.74) is 3.79. The number of anilines is 1. The number of carbonyl (C=O) groups excluding carboxylic acids is 1. The first kappa shape index (κ1) is 14.3. The van der Waals surface area contributed by atoms with Gasteiger partial charge in [-0.3, -0.25) is 9.78 Å². The zero-order valence-corrected chi connectivity index (χ0v) is 12.3. The summed E-state index contributed by atoms with van der Waals surface area (Å²) in [6.07, 6.45) is 4.36. The van der Waals surface area contributed by atoms with Crippen LogP contribution in [0.1, 0.15) is 34.8 Å². The van der Waals surface area contributed by atoms with Crippen LogP contribution in [0.4, 0.5) is 5.69 Å². The van der Waals surface area contributed by atoms with Crippen LogP contribution in [0.25, 0.3) is 0 Å². The number of benzene rings is 1. The molecule has 0 bridgehead atoms. The van der Waals surface area contributed by atoms with E-state index in [-0.39, 0.29) is 5.91 Å². The molecule has 20 heavy (non-hydrogen) atoms. The molecule has 1 aromatic carbocycles. The summed E-state index contributed by atoms with van der Waals surface area (Å²) in [5, 5.41) is 0. The van der Waals surface area contributed by atoms with E-state index in [4.69, 9.17) is 0 Å². The summed E-state index contributed by atoms with van der Waals surface area (Å²) < 4.78 is 0. The van der Waals surface area contributed by atoms with Gasteiger partial charge in [0.15, 0.2) is 0 Å². The van der Waals surface area contributed by atoms with Crippen LogP contribution in [0.3, 0.4) is 0 Å². The number of amides is 1. The lowest BCUT2D eigenvalue weighted by Crippen LogP contribution is -2.32. The van der Waals surface area contributed by atoms with Crippen molar-refractivity contribution in [3.63, 3.8) is 0 Å². The summed E-state index contributed by atoms with van der Waals surface area (Å²) >= 11 is 0. The summed E-state index contributed by atoms with van der Waals surface area (Å²) in [6, 6.07) is 9.63. The smallest absolute Gasteiger partial charge is 0.258 e. The van der Waals surface area contributed by atoms with E-state index in [9.17, 15) is 4.79 Å². The topological polar surface area (TPSA) is 33.2 Å². The molecular weight excluding hydrogens is 248 g/mol. The normalized spacial score (nSPS) is 10.3. The lowest BCUT2D eigenvalue weighted by molar-refractivity contribution is 0.0986. The van der Waals surface area contributed by atoms with Crippen LogP contribution in [0.15, 0.2) is 42.7 Å². The third-order valence-electron chi connectivity index (χ3n) is 3.49. The van der Waals surface area contributed by atoms with Crippen molar-refractivity contribution in [1.82, 2.24) is 4.98 Å². The predicted molar refractivity (Wildman–Crippen MR) is 82.1 cm³/mol. The summed E-state index contributed by atoms with van der Waals surface area (Å²) in [7, 11) is 0. The largest absolute Gasteiger partial charge is 0.307 e. The Kier molecular flexibility index (Phi) is 4.51. The van der Waals surface area contributed by atoms with Crippen molar-refractivity contribution >= 4 is 11.6 Å². The van der Waals surface area contributed by atoms with Gasteiger partial charge in [-0.2, -0.15) is 0 Å². The molecule has 3 nitrogen and oxygen atoms in total. The van der Waals surface area contributed by atoms with Crippen molar-refractivity contribution in [3.8, 4) is 0 Å². The van der Waals surface area contributed by atoms with Crippen molar-refractivity contribution in [2.24, 2.45) is 0 Å². The summed E-state index contributed by atoms with van der Waals surface area (Å²) in [6.45, 7) is 6.79. The number of aromatic nitrogens is 1. The monoisotopic (exact) mass is 268 g/mol. The van der Waals surface area contributed by atoms with Crippen LogP contribution in [0.2, 0.25) is 0 Å². The van der Waals surface area contributed by atoms with Crippen LogP contribution in [-0.2, 0) is 0 Å². The standard InChI is InChI=1S/C17H20N2O/c1-4-11-19(15-8-6-10-18-12-15)17(20)16-9-5-7-13(2)14(16)3/h5-10,12H,4,11H2,1-3H3. The van der Waals surface area contributed by atoms with Gasteiger partial charge in [0, 0.05) is 18.3 Å². The Morgan fingerprint density at radius 1 is 1.20 bits per heavy atom. The molecule has 0 unspecified atom stereocenters.